The van der Waals surface area contributed by atoms with Gasteiger partial charge in [-0.25, -0.2) is 0 Å². The van der Waals surface area contributed by atoms with Gasteiger partial charge in [0.2, 0.25) is 0 Å². The Kier molecular flexibility index (Phi) is 43.3. The van der Waals surface area contributed by atoms with Gasteiger partial charge < -0.3 is 0 Å². The summed E-state index contributed by atoms with van der Waals surface area (Å²) in [4.78, 5) is 35.3. The average molecular weight is 918 g/mol. The van der Waals surface area contributed by atoms with Crippen LogP contribution in [0.15, 0.2) is 18.2 Å². The summed E-state index contributed by atoms with van der Waals surface area (Å²) in [6.45, 7) is 6.89. The van der Waals surface area contributed by atoms with Gasteiger partial charge in [0.05, 0.1) is 0 Å². The third-order valence-electron chi connectivity index (χ3n) is 14.7. The molecule has 0 amide bonds. The van der Waals surface area contributed by atoms with Gasteiger partial charge in [0.25, 0.3) is 0 Å². The van der Waals surface area contributed by atoms with Crippen LogP contribution in [0.1, 0.15) is 340 Å². The molecule has 4 heteroatoms. The fourth-order valence-electron chi connectivity index (χ4n) is 10.4. The molecule has 0 aromatic heterocycles. The van der Waals surface area contributed by atoms with Gasteiger partial charge >= 0.3 is 255 Å². The molecule has 1 aromatic carbocycles. The molecule has 0 bridgehead atoms. The fourth-order valence-corrected chi connectivity index (χ4v) is 12.6. The van der Waals surface area contributed by atoms with E-state index in [1.165, 1.54) is 282 Å². The Morgan fingerprint density at radius 3 is 0.797 bits per heavy atom. The molecule has 0 aliphatic rings. The van der Waals surface area contributed by atoms with Gasteiger partial charge in [-0.1, -0.05) is 149 Å². The number of aryl methyl sites for hydroxylation is 1. The second kappa shape index (κ2) is 45.0. The standard InChI is InChI=1S/C60H117O3P/c1-4-7-10-13-16-19-22-25-28-31-34-37-40-43-46-49-53-58-54-52-56-60(59(58)55-50-47-44-41-38-35-32-29-26-23-20-17-14-11-8-5-2)64(61,62,63)57-51-48-45-42-39-36-33-30-27-24-21-18-15-12-9-6-3/h52,54,56,61-63H,4-51,53,55,57H2,1-3H3. The molecule has 0 heterocycles. The van der Waals surface area contributed by atoms with Gasteiger partial charge in [-0.05, 0) is 0 Å². The zero-order valence-electron chi connectivity index (χ0n) is 44.1. The average Bonchev–Trinajstić information content (AvgIpc) is 3.28. The van der Waals surface area contributed by atoms with E-state index in [4.69, 9.17) is 0 Å². The van der Waals surface area contributed by atoms with E-state index >= 15 is 0 Å². The number of rotatable bonds is 52. The van der Waals surface area contributed by atoms with Crippen LogP contribution in [0.2, 0.25) is 0 Å². The second-order valence-electron chi connectivity index (χ2n) is 21.2. The van der Waals surface area contributed by atoms with Crippen LogP contribution >= 0.6 is 7.28 Å². The van der Waals surface area contributed by atoms with Crippen LogP contribution in [0.3, 0.4) is 0 Å². The normalized spacial score (nSPS) is 12.6. The third kappa shape index (κ3) is 37.5. The maximum absolute atomic E-state index is 11.8. The summed E-state index contributed by atoms with van der Waals surface area (Å²) in [5.41, 5.74) is 2.32. The minimum atomic E-state index is -4.96. The summed E-state index contributed by atoms with van der Waals surface area (Å²) in [6.07, 6.45) is 66.1. The molecule has 64 heavy (non-hydrogen) atoms. The molecule has 1 rings (SSSR count). The van der Waals surface area contributed by atoms with E-state index < -0.39 is 7.28 Å². The molecule has 3 nitrogen and oxygen atoms in total. The molecule has 3 N–H and O–H groups in total. The van der Waals surface area contributed by atoms with Crippen molar-refractivity contribution in [3.8, 4) is 0 Å². The Morgan fingerprint density at radius 1 is 0.281 bits per heavy atom. The van der Waals surface area contributed by atoms with E-state index in [9.17, 15) is 14.7 Å². The van der Waals surface area contributed by atoms with Crippen LogP contribution in [0.25, 0.3) is 0 Å². The second-order valence-corrected chi connectivity index (χ2v) is 24.4. The summed E-state index contributed by atoms with van der Waals surface area (Å²) >= 11 is 0. The molecule has 0 spiro atoms. The van der Waals surface area contributed by atoms with Crippen molar-refractivity contribution < 1.29 is 14.7 Å². The van der Waals surface area contributed by atoms with Gasteiger partial charge in [0.1, 0.15) is 0 Å². The van der Waals surface area contributed by atoms with Crippen LogP contribution in [0, 0.1) is 0 Å². The van der Waals surface area contributed by atoms with E-state index in [0.717, 1.165) is 44.1 Å². The Bertz CT molecular complexity index is 1090. The monoisotopic (exact) mass is 917 g/mol. The van der Waals surface area contributed by atoms with E-state index in [1.807, 2.05) is 12.1 Å². The van der Waals surface area contributed by atoms with E-state index in [2.05, 4.69) is 26.8 Å². The Hall–Kier alpha value is -0.470. The Morgan fingerprint density at radius 2 is 0.516 bits per heavy atom. The van der Waals surface area contributed by atoms with E-state index in [1.54, 1.807) is 0 Å². The van der Waals surface area contributed by atoms with Crippen molar-refractivity contribution in [1.82, 2.24) is 0 Å². The smallest absolute Gasteiger partial charge is 0.0654 e. The zero-order valence-corrected chi connectivity index (χ0v) is 45.0. The SMILES string of the molecule is CCCCCCCCCCCCCCCCCCc1cccc(P(O)(O)(O)CCCCCCCCCCCCCCCCCC)c1CCCCCCCCCCCCCCCCCC. The molecule has 380 valence electrons. The topological polar surface area (TPSA) is 60.7 Å². The van der Waals surface area contributed by atoms with Gasteiger partial charge in [0.15, 0.2) is 0 Å². The molecule has 0 radical (unpaired) electrons. The van der Waals surface area contributed by atoms with Crippen molar-refractivity contribution in [3.05, 3.63) is 29.3 Å². The molecule has 0 unspecified atom stereocenters. The number of unbranched alkanes of at least 4 members (excludes halogenated alkanes) is 45. The molecule has 0 fully saturated rings. The maximum atomic E-state index is 11.8. The summed E-state index contributed by atoms with van der Waals surface area (Å²) in [6, 6.07) is 6.08. The first-order valence-electron chi connectivity index (χ1n) is 29.7. The minimum absolute atomic E-state index is 0.110. The van der Waals surface area contributed by atoms with Gasteiger partial charge in [-0.15, -0.1) is 0 Å². The van der Waals surface area contributed by atoms with Gasteiger partial charge in [0, 0.05) is 0 Å². The molecular formula is C60H117O3P. The summed E-state index contributed by atoms with van der Waals surface area (Å²) in [7, 11) is -4.96. The first-order chi connectivity index (χ1) is 31.3. The van der Waals surface area contributed by atoms with Crippen molar-refractivity contribution in [2.24, 2.45) is 0 Å². The molecule has 0 aliphatic carbocycles. The van der Waals surface area contributed by atoms with Crippen LogP contribution in [-0.4, -0.2) is 20.8 Å². The van der Waals surface area contributed by atoms with Crippen molar-refractivity contribution in [2.45, 2.75) is 342 Å². The Labute approximate surface area is 402 Å². The van der Waals surface area contributed by atoms with E-state index in [0.29, 0.717) is 11.7 Å². The molecule has 0 aliphatic heterocycles. The van der Waals surface area contributed by atoms with E-state index in [-0.39, 0.29) is 6.16 Å². The predicted octanol–water partition coefficient (Wildman–Crippen LogP) is 20.5. The fraction of sp³-hybridized carbons (Fsp3) is 0.900. The van der Waals surface area contributed by atoms with Crippen LogP contribution in [0.4, 0.5) is 0 Å². The van der Waals surface area contributed by atoms with Crippen LogP contribution < -0.4 is 5.30 Å². The van der Waals surface area contributed by atoms with Crippen molar-refractivity contribution >= 4 is 12.6 Å². The molecular weight excluding hydrogens is 800 g/mol. The van der Waals surface area contributed by atoms with Gasteiger partial charge in [-0.2, -0.15) is 0 Å². The molecule has 0 saturated carbocycles. The number of hydrogen-bond acceptors (Lipinski definition) is 3. The first kappa shape index (κ1) is 61.5. The third-order valence-corrected chi connectivity index (χ3v) is 17.3. The Balaban J connectivity index is 2.49. The quantitative estimate of drug-likeness (QED) is 0.0451. The minimum Gasteiger partial charge on any atom is -0.0654 e. The van der Waals surface area contributed by atoms with Crippen LogP contribution in [-0.2, 0) is 12.8 Å². The van der Waals surface area contributed by atoms with Crippen LogP contribution in [0.5, 0.6) is 0 Å². The summed E-state index contributed by atoms with van der Waals surface area (Å²) in [5, 5.41) is 0.488. The van der Waals surface area contributed by atoms with Crippen molar-refractivity contribution in [1.29, 1.82) is 0 Å². The van der Waals surface area contributed by atoms with Gasteiger partial charge in [-0.3, -0.25) is 0 Å². The molecule has 0 atom stereocenters. The van der Waals surface area contributed by atoms with Crippen molar-refractivity contribution in [2.75, 3.05) is 6.16 Å². The summed E-state index contributed by atoms with van der Waals surface area (Å²) in [5.74, 6) is 0. The number of hydrogen-bond donors (Lipinski definition) is 3. The zero-order chi connectivity index (χ0) is 46.4. The first-order valence-corrected chi connectivity index (χ1v) is 32.0. The summed E-state index contributed by atoms with van der Waals surface area (Å²) < 4.78 is 0. The predicted molar refractivity (Wildman–Crippen MR) is 291 cm³/mol. The molecule has 0 saturated heterocycles. The number of benzene rings is 1. The van der Waals surface area contributed by atoms with Crippen molar-refractivity contribution in [3.63, 3.8) is 0 Å². The molecule has 1 aromatic rings.